The first-order chi connectivity index (χ1) is 16.0. The van der Waals surface area contributed by atoms with E-state index in [1.54, 1.807) is 0 Å². The summed E-state index contributed by atoms with van der Waals surface area (Å²) in [6, 6.07) is 0. The van der Waals surface area contributed by atoms with Gasteiger partial charge in [0.2, 0.25) is 0 Å². The van der Waals surface area contributed by atoms with Gasteiger partial charge in [0, 0.05) is 25.4 Å². The number of carbonyl (C=O) groups excluding carboxylic acids is 2. The third-order valence-corrected chi connectivity index (χ3v) is 12.9. The van der Waals surface area contributed by atoms with Gasteiger partial charge in [0.15, 0.2) is 0 Å². The molecule has 2 heterocycles. The highest BCUT2D eigenvalue weighted by Crippen LogP contribution is 2.69. The fourth-order valence-electron chi connectivity index (χ4n) is 4.61. The standard InChI is InChI=1S/C26H46O4S3/c1-23(27)29-19-15-11-7-3-5-9-13-17-25-21-32-26(33-25,22-31-25)18-14-10-6-4-8-12-16-20-30-24(2)28/h3-22H2,1-2H3. The summed E-state index contributed by atoms with van der Waals surface area (Å²) in [6.45, 7) is 4.14. The lowest BCUT2D eigenvalue weighted by Gasteiger charge is -2.25. The maximum Gasteiger partial charge on any atom is 0.302 e. The predicted octanol–water partition coefficient (Wildman–Crippen LogP) is 7.97. The Morgan fingerprint density at radius 1 is 0.576 bits per heavy atom. The molecule has 0 aliphatic carbocycles. The third kappa shape index (κ3) is 12.5. The molecule has 0 aromatic rings. The van der Waals surface area contributed by atoms with Gasteiger partial charge in [0.25, 0.3) is 0 Å². The molecule has 0 radical (unpaired) electrons. The number of carbonyl (C=O) groups is 2. The van der Waals surface area contributed by atoms with Gasteiger partial charge in [-0.2, -0.15) is 0 Å². The fourth-order valence-corrected chi connectivity index (χ4v) is 11.4. The molecule has 4 nitrogen and oxygen atoms in total. The summed E-state index contributed by atoms with van der Waals surface area (Å²) in [4.78, 5) is 21.5. The van der Waals surface area contributed by atoms with E-state index in [0.717, 1.165) is 12.8 Å². The first-order valence-electron chi connectivity index (χ1n) is 13.2. The van der Waals surface area contributed by atoms with Gasteiger partial charge in [-0.3, -0.25) is 9.59 Å². The van der Waals surface area contributed by atoms with Crippen molar-refractivity contribution < 1.29 is 19.1 Å². The zero-order valence-electron chi connectivity index (χ0n) is 21.0. The summed E-state index contributed by atoms with van der Waals surface area (Å²) in [7, 11) is 0. The number of hydrogen-bond acceptors (Lipinski definition) is 7. The Labute approximate surface area is 215 Å². The van der Waals surface area contributed by atoms with Crippen LogP contribution in [0, 0.1) is 0 Å². The van der Waals surface area contributed by atoms with Crippen molar-refractivity contribution in [3.8, 4) is 0 Å². The summed E-state index contributed by atoms with van der Waals surface area (Å²) in [6.07, 6.45) is 20.5. The normalized spacial score (nSPS) is 23.7. The van der Waals surface area contributed by atoms with E-state index in [1.807, 2.05) is 0 Å². The van der Waals surface area contributed by atoms with E-state index in [0.29, 0.717) is 21.4 Å². The van der Waals surface area contributed by atoms with Crippen molar-refractivity contribution in [2.45, 2.75) is 125 Å². The number of fused-ring (bicyclic) bond motifs is 2. The van der Waals surface area contributed by atoms with Crippen LogP contribution in [0.1, 0.15) is 117 Å². The molecule has 192 valence electrons. The van der Waals surface area contributed by atoms with Crippen LogP contribution < -0.4 is 0 Å². The van der Waals surface area contributed by atoms with Gasteiger partial charge in [-0.15, -0.1) is 35.3 Å². The van der Waals surface area contributed by atoms with Gasteiger partial charge in [-0.1, -0.05) is 77.0 Å². The summed E-state index contributed by atoms with van der Waals surface area (Å²) in [5.41, 5.74) is 0. The van der Waals surface area contributed by atoms with E-state index in [-0.39, 0.29) is 11.9 Å². The number of rotatable bonds is 20. The van der Waals surface area contributed by atoms with Crippen molar-refractivity contribution in [3.63, 3.8) is 0 Å². The molecule has 2 aliphatic rings. The average Bonchev–Trinajstić information content (AvgIpc) is 3.32. The molecular formula is C26H46O4S3. The Hall–Kier alpha value is -0.0100. The van der Waals surface area contributed by atoms with Crippen LogP contribution in [0.2, 0.25) is 0 Å². The molecule has 0 N–H and O–H groups in total. The minimum absolute atomic E-state index is 0.160. The molecule has 2 fully saturated rings. The van der Waals surface area contributed by atoms with Crippen LogP contribution in [0.5, 0.6) is 0 Å². The molecule has 0 aromatic heterocycles. The number of hydrogen-bond donors (Lipinski definition) is 0. The second-order valence-corrected chi connectivity index (χ2v) is 14.6. The van der Waals surface area contributed by atoms with Gasteiger partial charge in [-0.05, 0) is 25.7 Å². The highest BCUT2D eigenvalue weighted by atomic mass is 32.2. The van der Waals surface area contributed by atoms with E-state index in [9.17, 15) is 9.59 Å². The molecule has 2 unspecified atom stereocenters. The fraction of sp³-hybridized carbons (Fsp3) is 0.923. The Kier molecular flexibility index (Phi) is 14.7. The second kappa shape index (κ2) is 16.6. The second-order valence-electron chi connectivity index (χ2n) is 9.63. The average molecular weight is 519 g/mol. The van der Waals surface area contributed by atoms with E-state index in [1.165, 1.54) is 115 Å². The van der Waals surface area contributed by atoms with Crippen LogP contribution in [0.4, 0.5) is 0 Å². The van der Waals surface area contributed by atoms with Crippen LogP contribution in [-0.4, -0.2) is 44.8 Å². The van der Waals surface area contributed by atoms with Gasteiger partial charge in [0.1, 0.15) is 0 Å². The molecule has 2 atom stereocenters. The molecular weight excluding hydrogens is 472 g/mol. The molecule has 7 heteroatoms. The maximum absolute atomic E-state index is 10.7. The van der Waals surface area contributed by atoms with Crippen LogP contribution in [0.3, 0.4) is 0 Å². The van der Waals surface area contributed by atoms with Crippen molar-refractivity contribution in [1.82, 2.24) is 0 Å². The van der Waals surface area contributed by atoms with E-state index in [2.05, 4.69) is 35.3 Å². The van der Waals surface area contributed by atoms with E-state index >= 15 is 0 Å². The first kappa shape index (κ1) is 29.2. The Balaban J connectivity index is 1.42. The maximum atomic E-state index is 10.7. The number of thioether (sulfide) groups is 3. The molecule has 0 amide bonds. The summed E-state index contributed by atoms with van der Waals surface area (Å²) < 4.78 is 11.0. The first-order valence-corrected chi connectivity index (χ1v) is 16.0. The number of esters is 2. The van der Waals surface area contributed by atoms with Gasteiger partial charge in [0.05, 0.1) is 21.4 Å². The van der Waals surface area contributed by atoms with Crippen molar-refractivity contribution in [2.75, 3.05) is 24.7 Å². The van der Waals surface area contributed by atoms with Crippen molar-refractivity contribution >= 4 is 47.2 Å². The zero-order valence-corrected chi connectivity index (χ0v) is 23.4. The lowest BCUT2D eigenvalue weighted by Crippen LogP contribution is -2.21. The zero-order chi connectivity index (χ0) is 23.8. The smallest absolute Gasteiger partial charge is 0.302 e. The number of unbranched alkanes of at least 4 members (excludes halogenated alkanes) is 12. The lowest BCUT2D eigenvalue weighted by molar-refractivity contribution is -0.142. The van der Waals surface area contributed by atoms with Crippen molar-refractivity contribution in [2.24, 2.45) is 0 Å². The minimum atomic E-state index is -0.160. The van der Waals surface area contributed by atoms with Crippen molar-refractivity contribution in [3.05, 3.63) is 0 Å². The highest BCUT2D eigenvalue weighted by molar-refractivity contribution is 8.33. The van der Waals surface area contributed by atoms with Gasteiger partial charge < -0.3 is 9.47 Å². The Morgan fingerprint density at radius 3 is 1.24 bits per heavy atom. The number of ether oxygens (including phenoxy) is 2. The SMILES string of the molecule is CC(=O)OCCCCCCCCCC12CSC(CCCCCCCCCOC(C)=O)(CS1)S2. The minimum Gasteiger partial charge on any atom is -0.466 e. The third-order valence-electron chi connectivity index (χ3n) is 6.50. The summed E-state index contributed by atoms with van der Waals surface area (Å²) in [5, 5.41) is 0. The Bertz CT molecular complexity index is 514. The Morgan fingerprint density at radius 2 is 0.909 bits per heavy atom. The van der Waals surface area contributed by atoms with Crippen LogP contribution in [0.15, 0.2) is 0 Å². The quantitative estimate of drug-likeness (QED) is 0.120. The van der Waals surface area contributed by atoms with Crippen LogP contribution >= 0.6 is 35.3 Å². The van der Waals surface area contributed by atoms with Crippen LogP contribution in [-0.2, 0) is 19.1 Å². The topological polar surface area (TPSA) is 52.6 Å². The van der Waals surface area contributed by atoms with E-state index < -0.39 is 0 Å². The lowest BCUT2D eigenvalue weighted by atomic mass is 10.1. The largest absolute Gasteiger partial charge is 0.466 e. The van der Waals surface area contributed by atoms with Gasteiger partial charge in [-0.25, -0.2) is 0 Å². The van der Waals surface area contributed by atoms with E-state index in [4.69, 9.17) is 9.47 Å². The molecule has 2 rings (SSSR count). The molecule has 2 saturated heterocycles. The van der Waals surface area contributed by atoms with Gasteiger partial charge >= 0.3 is 11.9 Å². The molecule has 33 heavy (non-hydrogen) atoms. The van der Waals surface area contributed by atoms with Crippen LogP contribution in [0.25, 0.3) is 0 Å². The molecule has 0 saturated carbocycles. The van der Waals surface area contributed by atoms with Crippen molar-refractivity contribution in [1.29, 1.82) is 0 Å². The molecule has 2 aliphatic heterocycles. The summed E-state index contributed by atoms with van der Waals surface area (Å²) in [5.74, 6) is 2.38. The molecule has 0 spiro atoms. The highest BCUT2D eigenvalue weighted by Gasteiger charge is 2.55. The molecule has 0 aromatic carbocycles. The monoisotopic (exact) mass is 518 g/mol. The molecule has 2 bridgehead atoms. The predicted molar refractivity (Wildman–Crippen MR) is 145 cm³/mol. The summed E-state index contributed by atoms with van der Waals surface area (Å²) >= 11 is 6.86.